The molecule has 0 spiro atoms. The summed E-state index contributed by atoms with van der Waals surface area (Å²) in [6.45, 7) is 0.725. The lowest BCUT2D eigenvalue weighted by molar-refractivity contribution is 0.0940. The van der Waals surface area contributed by atoms with Gasteiger partial charge in [0.05, 0.1) is 10.0 Å². The van der Waals surface area contributed by atoms with Crippen LogP contribution in [0.2, 0.25) is 0 Å². The minimum absolute atomic E-state index is 0.186. The smallest absolute Gasteiger partial charge is 0.252 e. The average Bonchev–Trinajstić information content (AvgIpc) is 3.01. The Balaban J connectivity index is 1.61. The van der Waals surface area contributed by atoms with E-state index >= 15 is 0 Å². The number of rotatable bonds is 3. The zero-order valence-electron chi connectivity index (χ0n) is 10.7. The SMILES string of the molecule is O=C(NCC1CC2CCC1C2)c1cccc(F)c1Br. The Labute approximate surface area is 120 Å². The molecule has 1 aromatic rings. The molecule has 1 aromatic carbocycles. The number of halogens is 2. The summed E-state index contributed by atoms with van der Waals surface area (Å²) in [4.78, 5) is 12.1. The van der Waals surface area contributed by atoms with Gasteiger partial charge in [-0.25, -0.2) is 4.39 Å². The summed E-state index contributed by atoms with van der Waals surface area (Å²) in [6, 6.07) is 4.55. The van der Waals surface area contributed by atoms with E-state index in [2.05, 4.69) is 21.2 Å². The summed E-state index contributed by atoms with van der Waals surface area (Å²) in [5, 5.41) is 2.96. The van der Waals surface area contributed by atoms with Crippen LogP contribution < -0.4 is 5.32 Å². The fraction of sp³-hybridized carbons (Fsp3) is 0.533. The molecule has 2 saturated carbocycles. The molecule has 1 N–H and O–H groups in total. The van der Waals surface area contributed by atoms with Crippen LogP contribution in [0, 0.1) is 23.6 Å². The average molecular weight is 326 g/mol. The van der Waals surface area contributed by atoms with E-state index in [4.69, 9.17) is 0 Å². The first-order valence-electron chi connectivity index (χ1n) is 6.87. The molecule has 2 nitrogen and oxygen atoms in total. The van der Waals surface area contributed by atoms with Gasteiger partial charge in [0.25, 0.3) is 5.91 Å². The van der Waals surface area contributed by atoms with Gasteiger partial charge < -0.3 is 5.32 Å². The number of carbonyl (C=O) groups excluding carboxylic acids is 1. The molecule has 1 amide bonds. The van der Waals surface area contributed by atoms with E-state index in [1.807, 2.05) is 0 Å². The first-order chi connectivity index (χ1) is 9.15. The Hall–Kier alpha value is -0.900. The predicted molar refractivity (Wildman–Crippen MR) is 75.4 cm³/mol. The zero-order chi connectivity index (χ0) is 13.4. The fourth-order valence-corrected chi connectivity index (χ4v) is 4.07. The van der Waals surface area contributed by atoms with E-state index in [0.717, 1.165) is 18.4 Å². The number of carbonyl (C=O) groups is 1. The van der Waals surface area contributed by atoms with Crippen molar-refractivity contribution in [3.05, 3.63) is 34.1 Å². The van der Waals surface area contributed by atoms with Crippen LogP contribution in [0.4, 0.5) is 4.39 Å². The Bertz CT molecular complexity index is 505. The molecule has 0 heterocycles. The number of hydrogen-bond donors (Lipinski definition) is 1. The summed E-state index contributed by atoms with van der Waals surface area (Å²) in [7, 11) is 0. The van der Waals surface area contributed by atoms with Crippen molar-refractivity contribution in [1.82, 2.24) is 5.32 Å². The first-order valence-corrected chi connectivity index (χ1v) is 7.66. The fourth-order valence-electron chi connectivity index (χ4n) is 3.62. The molecule has 2 aliphatic rings. The highest BCUT2D eigenvalue weighted by Gasteiger charge is 2.39. The molecule has 0 radical (unpaired) electrons. The van der Waals surface area contributed by atoms with Gasteiger partial charge in [-0.05, 0) is 65.1 Å². The van der Waals surface area contributed by atoms with E-state index in [0.29, 0.717) is 11.5 Å². The number of benzene rings is 1. The van der Waals surface area contributed by atoms with Crippen LogP contribution in [0.15, 0.2) is 22.7 Å². The van der Waals surface area contributed by atoms with Crippen LogP contribution >= 0.6 is 15.9 Å². The second kappa shape index (κ2) is 5.23. The molecule has 102 valence electrons. The van der Waals surface area contributed by atoms with Crippen molar-refractivity contribution in [3.8, 4) is 0 Å². The lowest BCUT2D eigenvalue weighted by atomic mass is 9.89. The Morgan fingerprint density at radius 2 is 2.21 bits per heavy atom. The van der Waals surface area contributed by atoms with E-state index < -0.39 is 5.82 Å². The lowest BCUT2D eigenvalue weighted by Gasteiger charge is -2.21. The van der Waals surface area contributed by atoms with E-state index in [1.54, 1.807) is 12.1 Å². The van der Waals surface area contributed by atoms with Crippen molar-refractivity contribution in [2.24, 2.45) is 17.8 Å². The second-order valence-electron chi connectivity index (χ2n) is 5.75. The van der Waals surface area contributed by atoms with Crippen molar-refractivity contribution in [2.75, 3.05) is 6.54 Å². The number of amides is 1. The third kappa shape index (κ3) is 2.55. The lowest BCUT2D eigenvalue weighted by Crippen LogP contribution is -2.31. The molecule has 2 fully saturated rings. The number of fused-ring (bicyclic) bond motifs is 2. The highest BCUT2D eigenvalue weighted by atomic mass is 79.9. The molecule has 4 heteroatoms. The molecule has 3 atom stereocenters. The third-order valence-corrected chi connectivity index (χ3v) is 5.41. The van der Waals surface area contributed by atoms with Gasteiger partial charge in [-0.3, -0.25) is 4.79 Å². The first kappa shape index (κ1) is 13.1. The molecule has 2 bridgehead atoms. The van der Waals surface area contributed by atoms with Gasteiger partial charge in [-0.2, -0.15) is 0 Å². The highest BCUT2D eigenvalue weighted by molar-refractivity contribution is 9.10. The highest BCUT2D eigenvalue weighted by Crippen LogP contribution is 2.47. The van der Waals surface area contributed by atoms with Crippen molar-refractivity contribution in [1.29, 1.82) is 0 Å². The van der Waals surface area contributed by atoms with Gasteiger partial charge in [0.15, 0.2) is 0 Å². The Morgan fingerprint density at radius 3 is 2.89 bits per heavy atom. The molecule has 0 saturated heterocycles. The van der Waals surface area contributed by atoms with E-state index in [1.165, 1.54) is 31.7 Å². The summed E-state index contributed by atoms with van der Waals surface area (Å²) in [5.41, 5.74) is 0.378. The van der Waals surface area contributed by atoms with Gasteiger partial charge in [-0.1, -0.05) is 12.5 Å². The standard InChI is InChI=1S/C15H17BrFNO/c16-14-12(2-1-3-13(14)17)15(19)18-8-11-7-9-4-5-10(11)6-9/h1-3,9-11H,4-8H2,(H,18,19). The Kier molecular flexibility index (Phi) is 3.61. The quantitative estimate of drug-likeness (QED) is 0.900. The zero-order valence-corrected chi connectivity index (χ0v) is 12.2. The van der Waals surface area contributed by atoms with Crippen LogP contribution in [-0.4, -0.2) is 12.5 Å². The van der Waals surface area contributed by atoms with Crippen molar-refractivity contribution in [2.45, 2.75) is 25.7 Å². The van der Waals surface area contributed by atoms with Gasteiger partial charge in [0.1, 0.15) is 5.82 Å². The number of hydrogen-bond acceptors (Lipinski definition) is 1. The van der Waals surface area contributed by atoms with Crippen LogP contribution in [-0.2, 0) is 0 Å². The van der Waals surface area contributed by atoms with Gasteiger partial charge in [-0.15, -0.1) is 0 Å². The molecule has 19 heavy (non-hydrogen) atoms. The van der Waals surface area contributed by atoms with Crippen LogP contribution in [0.5, 0.6) is 0 Å². The predicted octanol–water partition coefficient (Wildman–Crippen LogP) is 3.75. The van der Waals surface area contributed by atoms with E-state index in [-0.39, 0.29) is 10.4 Å². The van der Waals surface area contributed by atoms with Crippen LogP contribution in [0.25, 0.3) is 0 Å². The molecular weight excluding hydrogens is 309 g/mol. The summed E-state index contributed by atoms with van der Waals surface area (Å²) < 4.78 is 13.6. The monoisotopic (exact) mass is 325 g/mol. The Morgan fingerprint density at radius 1 is 1.37 bits per heavy atom. The van der Waals surface area contributed by atoms with Crippen LogP contribution in [0.1, 0.15) is 36.0 Å². The van der Waals surface area contributed by atoms with Gasteiger partial charge >= 0.3 is 0 Å². The molecule has 3 unspecified atom stereocenters. The normalized spacial score (nSPS) is 28.6. The third-order valence-electron chi connectivity index (χ3n) is 4.61. The molecule has 0 aromatic heterocycles. The maximum Gasteiger partial charge on any atom is 0.252 e. The molecule has 3 rings (SSSR count). The summed E-state index contributed by atoms with van der Waals surface area (Å²) >= 11 is 3.13. The van der Waals surface area contributed by atoms with Crippen molar-refractivity contribution in [3.63, 3.8) is 0 Å². The molecule has 2 aliphatic carbocycles. The second-order valence-corrected chi connectivity index (χ2v) is 6.54. The topological polar surface area (TPSA) is 29.1 Å². The molecular formula is C15H17BrFNO. The van der Waals surface area contributed by atoms with Crippen LogP contribution in [0.3, 0.4) is 0 Å². The summed E-state index contributed by atoms with van der Waals surface area (Å²) in [6.07, 6.45) is 5.26. The maximum atomic E-state index is 13.4. The minimum atomic E-state index is -0.396. The number of nitrogens with one attached hydrogen (secondary N) is 1. The van der Waals surface area contributed by atoms with Crippen molar-refractivity contribution >= 4 is 21.8 Å². The van der Waals surface area contributed by atoms with E-state index in [9.17, 15) is 9.18 Å². The largest absolute Gasteiger partial charge is 0.352 e. The molecule has 0 aliphatic heterocycles. The van der Waals surface area contributed by atoms with Crippen molar-refractivity contribution < 1.29 is 9.18 Å². The van der Waals surface area contributed by atoms with Gasteiger partial charge in [0.2, 0.25) is 0 Å². The maximum absolute atomic E-state index is 13.4. The summed E-state index contributed by atoms with van der Waals surface area (Å²) in [5.74, 6) is 1.71. The minimum Gasteiger partial charge on any atom is -0.352 e. The van der Waals surface area contributed by atoms with Gasteiger partial charge in [0, 0.05) is 6.54 Å².